The minimum atomic E-state index is -0.490. The first-order valence-electron chi connectivity index (χ1n) is 12.2. The van der Waals surface area contributed by atoms with E-state index in [2.05, 4.69) is 10.2 Å². The van der Waals surface area contributed by atoms with Crippen molar-refractivity contribution in [2.45, 2.75) is 6.42 Å². The smallest absolute Gasteiger partial charge is 0.291 e. The van der Waals surface area contributed by atoms with Crippen molar-refractivity contribution in [2.24, 2.45) is 0 Å². The van der Waals surface area contributed by atoms with Crippen LogP contribution in [0.2, 0.25) is 0 Å². The van der Waals surface area contributed by atoms with Gasteiger partial charge in [0.1, 0.15) is 17.0 Å². The van der Waals surface area contributed by atoms with Gasteiger partial charge >= 0.3 is 0 Å². The number of carbonyl (C=O) groups excluding carboxylic acids is 2. The van der Waals surface area contributed by atoms with Crippen molar-refractivity contribution >= 4 is 39.8 Å². The molecule has 2 heterocycles. The molecule has 1 aliphatic rings. The number of methoxy groups -OCH3 is 1. The summed E-state index contributed by atoms with van der Waals surface area (Å²) in [6.07, 6.45) is -0.00827. The Morgan fingerprint density at radius 1 is 0.974 bits per heavy atom. The van der Waals surface area contributed by atoms with Crippen molar-refractivity contribution in [3.05, 3.63) is 94.2 Å². The maximum Gasteiger partial charge on any atom is 0.291 e. The lowest BCUT2D eigenvalue weighted by atomic mass is 10.1. The predicted octanol–water partition coefficient (Wildman–Crippen LogP) is 4.49. The molecule has 2 amide bonds. The topological polar surface area (TPSA) is 118 Å². The van der Waals surface area contributed by atoms with Crippen molar-refractivity contribution in [1.29, 1.82) is 0 Å². The van der Waals surface area contributed by atoms with Crippen molar-refractivity contribution in [3.8, 4) is 5.75 Å². The van der Waals surface area contributed by atoms with E-state index in [0.29, 0.717) is 48.4 Å². The predicted molar refractivity (Wildman–Crippen MR) is 143 cm³/mol. The molecule has 3 aromatic carbocycles. The Hall–Kier alpha value is -4.86. The number of rotatable bonds is 7. The van der Waals surface area contributed by atoms with Gasteiger partial charge in [-0.15, -0.1) is 0 Å². The molecule has 1 saturated heterocycles. The van der Waals surface area contributed by atoms with Crippen LogP contribution in [-0.4, -0.2) is 54.9 Å². The van der Waals surface area contributed by atoms with E-state index in [-0.39, 0.29) is 29.7 Å². The molecule has 4 aromatic rings. The molecule has 38 heavy (non-hydrogen) atoms. The molecule has 0 spiro atoms. The van der Waals surface area contributed by atoms with Crippen LogP contribution in [-0.2, 0) is 11.2 Å². The van der Waals surface area contributed by atoms with E-state index < -0.39 is 4.92 Å². The van der Waals surface area contributed by atoms with Crippen LogP contribution >= 0.6 is 0 Å². The molecule has 0 aliphatic carbocycles. The number of nitrogens with one attached hydrogen (secondary N) is 1. The molecule has 0 bridgehead atoms. The number of para-hydroxylation sites is 1. The maximum atomic E-state index is 13.5. The third-order valence-corrected chi connectivity index (χ3v) is 6.57. The number of fused-ring (bicyclic) bond motifs is 1. The van der Waals surface area contributed by atoms with Crippen molar-refractivity contribution in [3.63, 3.8) is 0 Å². The number of benzene rings is 3. The second kappa shape index (κ2) is 10.6. The molecule has 0 unspecified atom stereocenters. The molecule has 1 N–H and O–H groups in total. The first-order chi connectivity index (χ1) is 18.4. The molecule has 0 atom stereocenters. The van der Waals surface area contributed by atoms with E-state index in [4.69, 9.17) is 9.15 Å². The van der Waals surface area contributed by atoms with E-state index in [9.17, 15) is 19.7 Å². The van der Waals surface area contributed by atoms with Gasteiger partial charge in [0.15, 0.2) is 0 Å². The summed E-state index contributed by atoms with van der Waals surface area (Å²) in [5.41, 5.74) is 2.45. The molecular formula is C28H26N4O6. The van der Waals surface area contributed by atoms with Crippen molar-refractivity contribution < 1.29 is 23.7 Å². The number of non-ortho nitro benzene ring substituents is 1. The van der Waals surface area contributed by atoms with E-state index in [1.54, 1.807) is 42.3 Å². The summed E-state index contributed by atoms with van der Waals surface area (Å²) in [6.45, 7) is 2.30. The van der Waals surface area contributed by atoms with Crippen LogP contribution in [0.3, 0.4) is 0 Å². The minimum Gasteiger partial charge on any atom is -0.497 e. The molecule has 0 radical (unpaired) electrons. The maximum absolute atomic E-state index is 13.5. The Balaban J connectivity index is 1.31. The lowest BCUT2D eigenvalue weighted by Crippen LogP contribution is -2.48. The molecule has 5 rings (SSSR count). The highest BCUT2D eigenvalue weighted by atomic mass is 16.6. The molecular weight excluding hydrogens is 488 g/mol. The molecule has 194 valence electrons. The Morgan fingerprint density at radius 3 is 2.32 bits per heavy atom. The van der Waals surface area contributed by atoms with Gasteiger partial charge in [-0.1, -0.05) is 24.3 Å². The SMILES string of the molecule is COc1ccc(N2CCN(C(=O)c3oc4ccccc4c3NC(=O)Cc3ccc([N+](=O)[O-])cc3)CC2)cc1. The fraction of sp³-hybridized carbons (Fsp3) is 0.214. The summed E-state index contributed by atoms with van der Waals surface area (Å²) in [5, 5.41) is 14.4. The van der Waals surface area contributed by atoms with Gasteiger partial charge in [-0.05, 0) is 42.0 Å². The van der Waals surface area contributed by atoms with Gasteiger partial charge in [0.25, 0.3) is 11.6 Å². The van der Waals surface area contributed by atoms with Gasteiger partial charge in [-0.2, -0.15) is 0 Å². The number of carbonyl (C=O) groups is 2. The van der Waals surface area contributed by atoms with Gasteiger partial charge in [0.2, 0.25) is 11.7 Å². The van der Waals surface area contributed by atoms with Crippen LogP contribution in [0.1, 0.15) is 16.1 Å². The molecule has 1 fully saturated rings. The summed E-state index contributed by atoms with van der Waals surface area (Å²) in [7, 11) is 1.63. The first-order valence-corrected chi connectivity index (χ1v) is 12.2. The Bertz CT molecular complexity index is 1470. The lowest BCUT2D eigenvalue weighted by Gasteiger charge is -2.35. The van der Waals surface area contributed by atoms with E-state index >= 15 is 0 Å². The van der Waals surface area contributed by atoms with Crippen LogP contribution in [0.25, 0.3) is 11.0 Å². The molecule has 1 aliphatic heterocycles. The fourth-order valence-corrected chi connectivity index (χ4v) is 4.53. The van der Waals surface area contributed by atoms with Crippen LogP contribution in [0.4, 0.5) is 17.1 Å². The normalized spacial score (nSPS) is 13.4. The number of anilines is 2. The molecule has 0 saturated carbocycles. The number of nitrogens with zero attached hydrogens (tertiary/aromatic N) is 3. The van der Waals surface area contributed by atoms with Crippen LogP contribution in [0, 0.1) is 10.1 Å². The van der Waals surface area contributed by atoms with E-state index in [0.717, 1.165) is 11.4 Å². The lowest BCUT2D eigenvalue weighted by molar-refractivity contribution is -0.384. The average molecular weight is 515 g/mol. The van der Waals surface area contributed by atoms with Gasteiger partial charge < -0.3 is 24.3 Å². The molecule has 10 heteroatoms. The first kappa shape index (κ1) is 24.8. The standard InChI is InChI=1S/C28H26N4O6/c1-37-22-12-10-20(11-13-22)30-14-16-31(17-15-30)28(34)27-26(23-4-2-3-5-24(23)38-27)29-25(33)18-19-6-8-21(9-7-19)32(35)36/h2-13H,14-18H2,1H3,(H,29,33). The number of nitro groups is 1. The number of piperazine rings is 1. The zero-order valence-electron chi connectivity index (χ0n) is 20.8. The highest BCUT2D eigenvalue weighted by Crippen LogP contribution is 2.32. The molecule has 1 aromatic heterocycles. The van der Waals surface area contributed by atoms with E-state index in [1.807, 2.05) is 30.3 Å². The van der Waals surface area contributed by atoms with Gasteiger partial charge in [0, 0.05) is 49.4 Å². The zero-order valence-corrected chi connectivity index (χ0v) is 20.8. The second-order valence-electron chi connectivity index (χ2n) is 8.93. The summed E-state index contributed by atoms with van der Waals surface area (Å²) in [5.74, 6) is 0.224. The number of hydrogen-bond donors (Lipinski definition) is 1. The number of amides is 2. The zero-order chi connectivity index (χ0) is 26.6. The summed E-state index contributed by atoms with van der Waals surface area (Å²) >= 11 is 0. The molecule has 10 nitrogen and oxygen atoms in total. The van der Waals surface area contributed by atoms with E-state index in [1.165, 1.54) is 12.1 Å². The van der Waals surface area contributed by atoms with Crippen LogP contribution < -0.4 is 15.0 Å². The Morgan fingerprint density at radius 2 is 1.66 bits per heavy atom. The highest BCUT2D eigenvalue weighted by Gasteiger charge is 2.29. The summed E-state index contributed by atoms with van der Waals surface area (Å²) in [6, 6.07) is 20.8. The van der Waals surface area contributed by atoms with Gasteiger partial charge in [-0.25, -0.2) is 0 Å². The summed E-state index contributed by atoms with van der Waals surface area (Å²) < 4.78 is 11.2. The second-order valence-corrected chi connectivity index (χ2v) is 8.93. The minimum absolute atomic E-state index is 0.00827. The number of nitro benzene ring substituents is 1. The monoisotopic (exact) mass is 514 g/mol. The van der Waals surface area contributed by atoms with Gasteiger partial charge in [-0.3, -0.25) is 19.7 Å². The summed E-state index contributed by atoms with van der Waals surface area (Å²) in [4.78, 5) is 40.8. The third-order valence-electron chi connectivity index (χ3n) is 6.57. The van der Waals surface area contributed by atoms with Crippen LogP contribution in [0.15, 0.2) is 77.2 Å². The number of hydrogen-bond acceptors (Lipinski definition) is 7. The highest BCUT2D eigenvalue weighted by molar-refractivity contribution is 6.11. The largest absolute Gasteiger partial charge is 0.497 e. The average Bonchev–Trinajstić information content (AvgIpc) is 3.31. The Labute approximate surface area is 218 Å². The fourth-order valence-electron chi connectivity index (χ4n) is 4.53. The Kier molecular flexibility index (Phi) is 6.94. The van der Waals surface area contributed by atoms with Gasteiger partial charge in [0.05, 0.1) is 18.5 Å². The third kappa shape index (κ3) is 5.15. The van der Waals surface area contributed by atoms with Crippen molar-refractivity contribution in [1.82, 2.24) is 4.90 Å². The van der Waals surface area contributed by atoms with Crippen molar-refractivity contribution in [2.75, 3.05) is 43.5 Å². The number of ether oxygens (including phenoxy) is 1. The quantitative estimate of drug-likeness (QED) is 0.285. The van der Waals surface area contributed by atoms with Crippen LogP contribution in [0.5, 0.6) is 5.75 Å². The number of furan rings is 1.